The van der Waals surface area contributed by atoms with E-state index in [-0.39, 0.29) is 55.4 Å². The number of H-pyrrole nitrogens is 1. The van der Waals surface area contributed by atoms with Crippen LogP contribution in [0.15, 0.2) is 61.1 Å². The van der Waals surface area contributed by atoms with Crippen molar-refractivity contribution in [3.63, 3.8) is 0 Å². The molecule has 23 heteroatoms. The lowest BCUT2D eigenvalue weighted by Crippen LogP contribution is -2.61. The second kappa shape index (κ2) is 25.3. The maximum absolute atomic E-state index is 14.6. The van der Waals surface area contributed by atoms with Crippen LogP contribution in [0.2, 0.25) is 0 Å². The lowest BCUT2D eigenvalue weighted by Gasteiger charge is -2.30. The Bertz CT molecular complexity index is 2220. The average Bonchev–Trinajstić information content (AvgIpc) is 3.98. The van der Waals surface area contributed by atoms with Crippen LogP contribution in [0.5, 0.6) is 11.5 Å². The van der Waals surface area contributed by atoms with E-state index in [0.717, 1.165) is 0 Å². The highest BCUT2D eigenvalue weighted by Crippen LogP contribution is 2.37. The van der Waals surface area contributed by atoms with Crippen LogP contribution in [0.1, 0.15) is 77.1 Å². The summed E-state index contributed by atoms with van der Waals surface area (Å²) in [5.41, 5.74) is 7.11. The topological polar surface area (TPSA) is 345 Å². The third kappa shape index (κ3) is 17.2. The SMILES string of the molecule is CC(C)C[C@H](NC(=O)[C@H](Cc1ccc(OP(=O)(O)O)cc1)NC(=O)[C@H](Cc1ccc(O)cc1)NC(=O)[C@H](Cc1cnc[nH]1)NC(=O)[C@@H](N)[C@@H](C)O)C(=O)N[C@@H](CC(C)C)C(=O)N1CCC[C@H]1C=O. The van der Waals surface area contributed by atoms with Gasteiger partial charge < -0.3 is 61.7 Å². The number of aliphatic hydroxyl groups excluding tert-OH is 1. The molecule has 1 aromatic heterocycles. The fraction of sp³-hybridized carbons (Fsp3) is 0.511. The molecule has 1 aliphatic heterocycles. The number of phosphoric ester groups is 1. The second-order valence-corrected chi connectivity index (χ2v) is 19.0. The Hall–Kier alpha value is -6.19. The van der Waals surface area contributed by atoms with Crippen LogP contribution < -0.4 is 36.8 Å². The van der Waals surface area contributed by atoms with E-state index in [2.05, 4.69) is 41.1 Å². The zero-order valence-electron chi connectivity index (χ0n) is 38.7. The molecule has 0 unspecified atom stereocenters. The number of nitrogens with two attached hydrogens (primary N) is 1. The van der Waals surface area contributed by atoms with Gasteiger partial charge in [-0.2, -0.15) is 0 Å². The number of benzene rings is 2. The number of imidazole rings is 1. The Labute approximate surface area is 394 Å². The minimum atomic E-state index is -4.93. The van der Waals surface area contributed by atoms with Gasteiger partial charge in [0.1, 0.15) is 54.0 Å². The molecule has 4 rings (SSSR count). The number of nitrogens with zero attached hydrogens (tertiary/aromatic N) is 2. The molecular weight excluding hydrogens is 906 g/mol. The fourth-order valence-corrected chi connectivity index (χ4v) is 7.95. The van der Waals surface area contributed by atoms with Gasteiger partial charge in [-0.1, -0.05) is 52.0 Å². The first-order chi connectivity index (χ1) is 32.0. The summed E-state index contributed by atoms with van der Waals surface area (Å²) in [7, 11) is -4.93. The summed E-state index contributed by atoms with van der Waals surface area (Å²) >= 11 is 0. The zero-order chi connectivity index (χ0) is 50.3. The lowest BCUT2D eigenvalue weighted by atomic mass is 9.98. The molecule has 0 saturated carbocycles. The minimum Gasteiger partial charge on any atom is -0.508 e. The summed E-state index contributed by atoms with van der Waals surface area (Å²) in [6.07, 6.45) is 3.04. The summed E-state index contributed by atoms with van der Waals surface area (Å²) in [4.78, 5) is 123. The molecule has 1 saturated heterocycles. The third-order valence-electron chi connectivity index (χ3n) is 11.1. The Kier molecular flexibility index (Phi) is 20.2. The van der Waals surface area contributed by atoms with E-state index in [4.69, 9.17) is 5.73 Å². The van der Waals surface area contributed by atoms with Crippen LogP contribution in [0.4, 0.5) is 0 Å². The maximum atomic E-state index is 14.6. The molecule has 8 atom stereocenters. The molecule has 22 nitrogen and oxygen atoms in total. The second-order valence-electron chi connectivity index (χ2n) is 17.8. The lowest BCUT2D eigenvalue weighted by molar-refractivity contribution is -0.140. The van der Waals surface area contributed by atoms with Crippen LogP contribution in [0, 0.1) is 11.8 Å². The molecular formula is C45H64N9O13P. The number of aromatic nitrogens is 2. The molecule has 2 aromatic carbocycles. The first-order valence-corrected chi connectivity index (χ1v) is 23.9. The van der Waals surface area contributed by atoms with Crippen molar-refractivity contribution >= 4 is 49.6 Å². The van der Waals surface area contributed by atoms with Crippen molar-refractivity contribution in [2.75, 3.05) is 6.54 Å². The molecule has 372 valence electrons. The van der Waals surface area contributed by atoms with Gasteiger partial charge in [0, 0.05) is 37.7 Å². The van der Waals surface area contributed by atoms with Crippen molar-refractivity contribution in [1.82, 2.24) is 41.5 Å². The van der Waals surface area contributed by atoms with Crippen LogP contribution >= 0.6 is 7.82 Å². The standard InChI is InChI=1S/C45H64N9O13P/c1-25(2)17-34(40(58)53-38(18-26(3)4)45(63)54-16-6-7-31(54)23-55)49-41(59)36(20-29-10-14-33(15-11-29)67-68(64,65)66)50-42(60)35(19-28-8-12-32(57)13-9-28)51-43(61)37(21-30-22-47-24-48-30)52-44(62)39(46)27(5)56/h8-15,22-27,31,34-39,56-57H,6-7,16-21,46H2,1-5H3,(H,47,48)(H,49,59)(H,50,60)(H,51,61)(H,52,62)(H,53,58)(H2,64,65,66)/t27-,31+,34+,35+,36+,37+,38+,39+/m1/s1. The number of rotatable bonds is 25. The van der Waals surface area contributed by atoms with E-state index in [0.29, 0.717) is 42.5 Å². The van der Waals surface area contributed by atoms with Crippen molar-refractivity contribution in [2.45, 2.75) is 128 Å². The molecule has 0 bridgehead atoms. The molecule has 0 radical (unpaired) electrons. The first-order valence-electron chi connectivity index (χ1n) is 22.3. The number of nitrogens with one attached hydrogen (secondary N) is 6. The van der Waals surface area contributed by atoms with E-state index in [9.17, 15) is 58.1 Å². The van der Waals surface area contributed by atoms with Gasteiger partial charge in [-0.15, -0.1) is 0 Å². The third-order valence-corrected chi connectivity index (χ3v) is 11.5. The van der Waals surface area contributed by atoms with Crippen LogP contribution in [-0.2, 0) is 57.4 Å². The summed E-state index contributed by atoms with van der Waals surface area (Å²) in [5.74, 6) is -5.08. The average molecular weight is 970 g/mol. The van der Waals surface area contributed by atoms with Crippen molar-refractivity contribution < 1.29 is 62.7 Å². The number of aldehydes is 1. The number of phenolic OH excluding ortho intramolecular Hbond substituents is 1. The fourth-order valence-electron chi connectivity index (χ4n) is 7.55. The Morgan fingerprint density at radius 2 is 1.24 bits per heavy atom. The molecule has 2 heterocycles. The largest absolute Gasteiger partial charge is 0.524 e. The van der Waals surface area contributed by atoms with Gasteiger partial charge in [0.15, 0.2) is 0 Å². The highest BCUT2D eigenvalue weighted by atomic mass is 31.2. The van der Waals surface area contributed by atoms with Gasteiger partial charge in [0.05, 0.1) is 18.5 Å². The number of likely N-dealkylation sites (tertiary alicyclic amines) is 1. The number of phosphoric acid groups is 1. The molecule has 0 aliphatic carbocycles. The van der Waals surface area contributed by atoms with Crippen LogP contribution in [0.25, 0.3) is 0 Å². The van der Waals surface area contributed by atoms with Gasteiger partial charge in [-0.25, -0.2) is 9.55 Å². The molecule has 1 aliphatic rings. The number of aromatic hydroxyl groups is 1. The molecule has 12 N–H and O–H groups in total. The molecule has 0 spiro atoms. The molecule has 1 fully saturated rings. The smallest absolute Gasteiger partial charge is 0.508 e. The highest BCUT2D eigenvalue weighted by molar-refractivity contribution is 7.46. The number of aromatic amines is 1. The number of hydrogen-bond donors (Lipinski definition) is 11. The number of carbonyl (C=O) groups is 7. The van der Waals surface area contributed by atoms with Crippen molar-refractivity contribution in [3.05, 3.63) is 77.9 Å². The number of hydrogen-bond acceptors (Lipinski definition) is 13. The number of carbonyl (C=O) groups excluding carboxylic acids is 7. The Morgan fingerprint density at radius 1 is 0.765 bits per heavy atom. The van der Waals surface area contributed by atoms with Gasteiger partial charge in [-0.05, 0) is 79.8 Å². The number of phenols is 1. The van der Waals surface area contributed by atoms with E-state index in [1.54, 1.807) is 0 Å². The van der Waals surface area contributed by atoms with Crippen molar-refractivity contribution in [1.29, 1.82) is 0 Å². The van der Waals surface area contributed by atoms with Crippen molar-refractivity contribution in [3.8, 4) is 11.5 Å². The summed E-state index contributed by atoms with van der Waals surface area (Å²) in [6, 6.07) is 2.41. The Balaban J connectivity index is 1.69. The molecule has 6 amide bonds. The monoisotopic (exact) mass is 969 g/mol. The van der Waals surface area contributed by atoms with E-state index in [1.807, 2.05) is 27.7 Å². The first kappa shape index (κ1) is 54.4. The summed E-state index contributed by atoms with van der Waals surface area (Å²) in [6.45, 7) is 9.03. The van der Waals surface area contributed by atoms with E-state index < -0.39 is 91.7 Å². The van der Waals surface area contributed by atoms with E-state index >= 15 is 0 Å². The molecule has 3 aromatic rings. The van der Waals surface area contributed by atoms with Crippen molar-refractivity contribution in [2.24, 2.45) is 17.6 Å². The normalized spacial score (nSPS) is 16.9. The van der Waals surface area contributed by atoms with Gasteiger partial charge in [0.2, 0.25) is 35.4 Å². The van der Waals surface area contributed by atoms with Gasteiger partial charge >= 0.3 is 7.82 Å². The quantitative estimate of drug-likeness (QED) is 0.0394. The predicted octanol–water partition coefficient (Wildman–Crippen LogP) is 0.0289. The Morgan fingerprint density at radius 3 is 1.72 bits per heavy atom. The van der Waals surface area contributed by atoms with Gasteiger partial charge in [0.25, 0.3) is 0 Å². The van der Waals surface area contributed by atoms with Crippen LogP contribution in [0.3, 0.4) is 0 Å². The number of aliphatic hydroxyl groups is 1. The molecule has 68 heavy (non-hydrogen) atoms. The number of amides is 6. The van der Waals surface area contributed by atoms with Crippen LogP contribution in [-0.4, -0.2) is 132 Å². The summed E-state index contributed by atoms with van der Waals surface area (Å²) < 4.78 is 16.2. The minimum absolute atomic E-state index is 0.0494. The van der Waals surface area contributed by atoms with E-state index in [1.165, 1.54) is 72.9 Å². The highest BCUT2D eigenvalue weighted by Gasteiger charge is 2.37. The predicted molar refractivity (Wildman–Crippen MR) is 246 cm³/mol. The zero-order valence-corrected chi connectivity index (χ0v) is 39.6. The maximum Gasteiger partial charge on any atom is 0.524 e. The van der Waals surface area contributed by atoms with Gasteiger partial charge in [-0.3, -0.25) is 38.6 Å². The summed E-state index contributed by atoms with van der Waals surface area (Å²) in [5, 5.41) is 33.4.